The van der Waals surface area contributed by atoms with Crippen molar-refractivity contribution in [1.29, 1.82) is 0 Å². The van der Waals surface area contributed by atoms with Crippen LogP contribution in [0.5, 0.6) is 5.75 Å². The fraction of sp³-hybridized carbons (Fsp3) is 0.0625. The summed E-state index contributed by atoms with van der Waals surface area (Å²) >= 11 is 0. The van der Waals surface area contributed by atoms with Crippen molar-refractivity contribution in [1.82, 2.24) is 0 Å². The molecule has 0 fully saturated rings. The van der Waals surface area contributed by atoms with Gasteiger partial charge in [-0.15, -0.1) is 0 Å². The van der Waals surface area contributed by atoms with Gasteiger partial charge in [0.1, 0.15) is 5.75 Å². The lowest BCUT2D eigenvalue weighted by atomic mass is 10.2. The highest BCUT2D eigenvalue weighted by molar-refractivity contribution is 6.44. The Kier molecular flexibility index (Phi) is 4.93. The number of methoxy groups -OCH3 is 1. The highest BCUT2D eigenvalue weighted by Gasteiger charge is 2.18. The van der Waals surface area contributed by atoms with Crippen LogP contribution < -0.4 is 10.6 Å². The minimum Gasteiger partial charge on any atom is -0.508 e. The molecule has 2 rings (SSSR count). The number of hydrogen-bond acceptors (Lipinski definition) is 5. The van der Waals surface area contributed by atoms with Gasteiger partial charge in [0.05, 0.1) is 18.4 Å². The number of phenolic OH excluding ortho intramolecular Hbond substituents is 1. The number of carbonyl (C=O) groups excluding carboxylic acids is 3. The van der Waals surface area contributed by atoms with Crippen LogP contribution in [0.4, 0.5) is 11.4 Å². The number of esters is 1. The molecular weight excluding hydrogens is 300 g/mol. The van der Waals surface area contributed by atoms with Gasteiger partial charge in [-0.05, 0) is 24.3 Å². The molecule has 7 nitrogen and oxygen atoms in total. The van der Waals surface area contributed by atoms with Gasteiger partial charge in [0.25, 0.3) is 0 Å². The Bertz CT molecular complexity index is 758. The Morgan fingerprint density at radius 1 is 0.957 bits per heavy atom. The summed E-state index contributed by atoms with van der Waals surface area (Å²) in [6.45, 7) is 0. The average molecular weight is 314 g/mol. The van der Waals surface area contributed by atoms with Gasteiger partial charge >= 0.3 is 17.8 Å². The van der Waals surface area contributed by atoms with Gasteiger partial charge in [-0.2, -0.15) is 0 Å². The molecule has 2 amide bonds. The second-order valence-electron chi connectivity index (χ2n) is 4.50. The largest absolute Gasteiger partial charge is 0.508 e. The maximum atomic E-state index is 11.9. The van der Waals surface area contributed by atoms with Crippen LogP contribution in [0.15, 0.2) is 48.5 Å². The zero-order valence-corrected chi connectivity index (χ0v) is 12.2. The van der Waals surface area contributed by atoms with Crippen LogP contribution in [0, 0.1) is 0 Å². The number of hydrogen-bond donors (Lipinski definition) is 3. The molecule has 3 N–H and O–H groups in total. The predicted octanol–water partition coefficient (Wildman–Crippen LogP) is 1.76. The molecule has 0 unspecified atom stereocenters. The van der Waals surface area contributed by atoms with Crippen LogP contribution in [0.3, 0.4) is 0 Å². The summed E-state index contributed by atoms with van der Waals surface area (Å²) in [5.41, 5.74) is 0.565. The molecule has 0 saturated carbocycles. The van der Waals surface area contributed by atoms with E-state index >= 15 is 0 Å². The predicted molar refractivity (Wildman–Crippen MR) is 83.1 cm³/mol. The molecule has 0 heterocycles. The number of anilines is 2. The number of nitrogens with one attached hydrogen (secondary N) is 2. The SMILES string of the molecule is COC(=O)c1ccccc1NC(=O)C(=O)Nc1cccc(O)c1. The molecule has 0 aliphatic heterocycles. The standard InChI is InChI=1S/C16H14N2O5/c1-23-16(22)12-7-2-3-8-13(12)18-15(21)14(20)17-10-5-4-6-11(19)9-10/h2-9,19H,1H3,(H,17,20)(H,18,21). The van der Waals surface area contributed by atoms with Gasteiger partial charge in [-0.1, -0.05) is 18.2 Å². The van der Waals surface area contributed by atoms with Gasteiger partial charge < -0.3 is 20.5 Å². The smallest absolute Gasteiger partial charge is 0.339 e. The number of para-hydroxylation sites is 1. The molecule has 2 aromatic rings. The van der Waals surface area contributed by atoms with Crippen LogP contribution in [-0.2, 0) is 14.3 Å². The molecule has 23 heavy (non-hydrogen) atoms. The van der Waals surface area contributed by atoms with Crippen LogP contribution in [0.1, 0.15) is 10.4 Å². The molecule has 0 aliphatic carbocycles. The number of amides is 2. The summed E-state index contributed by atoms with van der Waals surface area (Å²) in [6, 6.07) is 11.9. The first-order chi connectivity index (χ1) is 11.0. The first-order valence-electron chi connectivity index (χ1n) is 6.60. The van der Waals surface area contributed by atoms with E-state index in [1.54, 1.807) is 12.1 Å². The van der Waals surface area contributed by atoms with E-state index < -0.39 is 17.8 Å². The summed E-state index contributed by atoms with van der Waals surface area (Å²) in [5, 5.41) is 14.0. The van der Waals surface area contributed by atoms with Crippen LogP contribution >= 0.6 is 0 Å². The normalized spacial score (nSPS) is 9.78. The second kappa shape index (κ2) is 7.08. The third kappa shape index (κ3) is 4.07. The van der Waals surface area contributed by atoms with Crippen molar-refractivity contribution in [2.45, 2.75) is 0 Å². The summed E-state index contributed by atoms with van der Waals surface area (Å²) < 4.78 is 4.61. The third-order valence-corrected chi connectivity index (χ3v) is 2.89. The summed E-state index contributed by atoms with van der Waals surface area (Å²) in [6.07, 6.45) is 0. The van der Waals surface area contributed by atoms with Crippen molar-refractivity contribution in [3.8, 4) is 5.75 Å². The number of ether oxygens (including phenoxy) is 1. The molecule has 0 bridgehead atoms. The monoisotopic (exact) mass is 314 g/mol. The molecule has 0 radical (unpaired) electrons. The van der Waals surface area contributed by atoms with Crippen LogP contribution in [0.2, 0.25) is 0 Å². The number of benzene rings is 2. The Hall–Kier alpha value is -3.35. The van der Waals surface area contributed by atoms with Gasteiger partial charge in [-0.25, -0.2) is 4.79 Å². The van der Waals surface area contributed by atoms with E-state index in [1.807, 2.05) is 0 Å². The highest BCUT2D eigenvalue weighted by atomic mass is 16.5. The quantitative estimate of drug-likeness (QED) is 0.591. The maximum Gasteiger partial charge on any atom is 0.339 e. The Labute approximate surface area is 131 Å². The van der Waals surface area contributed by atoms with E-state index in [9.17, 15) is 19.5 Å². The van der Waals surface area contributed by atoms with Crippen molar-refractivity contribution < 1.29 is 24.2 Å². The first-order valence-corrected chi connectivity index (χ1v) is 6.60. The number of carbonyl (C=O) groups is 3. The van der Waals surface area contributed by atoms with E-state index in [0.717, 1.165) is 0 Å². The molecule has 118 valence electrons. The summed E-state index contributed by atoms with van der Waals surface area (Å²) in [5.74, 6) is -2.56. The van der Waals surface area contributed by atoms with Crippen LogP contribution in [0.25, 0.3) is 0 Å². The van der Waals surface area contributed by atoms with Crippen molar-refractivity contribution >= 4 is 29.2 Å². The molecule has 0 aliphatic rings. The fourth-order valence-corrected chi connectivity index (χ4v) is 1.83. The zero-order valence-electron chi connectivity index (χ0n) is 12.2. The molecule has 0 atom stereocenters. The number of rotatable bonds is 3. The fourth-order valence-electron chi connectivity index (χ4n) is 1.83. The number of phenols is 1. The van der Waals surface area contributed by atoms with Crippen molar-refractivity contribution in [2.24, 2.45) is 0 Å². The summed E-state index contributed by atoms with van der Waals surface area (Å²) in [7, 11) is 1.22. The first kappa shape index (κ1) is 16.0. The van der Waals surface area contributed by atoms with E-state index in [1.165, 1.54) is 43.5 Å². The second-order valence-corrected chi connectivity index (χ2v) is 4.50. The third-order valence-electron chi connectivity index (χ3n) is 2.89. The van der Waals surface area contributed by atoms with E-state index in [-0.39, 0.29) is 22.7 Å². The maximum absolute atomic E-state index is 11.9. The molecule has 0 saturated heterocycles. The van der Waals surface area contributed by atoms with Gasteiger partial charge in [0.15, 0.2) is 0 Å². The minimum absolute atomic E-state index is 0.0424. The van der Waals surface area contributed by atoms with E-state index in [0.29, 0.717) is 0 Å². The minimum atomic E-state index is -0.954. The number of aromatic hydroxyl groups is 1. The lowest BCUT2D eigenvalue weighted by Gasteiger charge is -2.10. The van der Waals surface area contributed by atoms with E-state index in [2.05, 4.69) is 15.4 Å². The van der Waals surface area contributed by atoms with Gasteiger partial charge in [0, 0.05) is 11.8 Å². The topological polar surface area (TPSA) is 105 Å². The lowest BCUT2D eigenvalue weighted by Crippen LogP contribution is -2.29. The Balaban J connectivity index is 2.10. The van der Waals surface area contributed by atoms with E-state index in [4.69, 9.17) is 0 Å². The highest BCUT2D eigenvalue weighted by Crippen LogP contribution is 2.17. The Morgan fingerprint density at radius 2 is 1.65 bits per heavy atom. The zero-order chi connectivity index (χ0) is 16.8. The molecule has 2 aromatic carbocycles. The van der Waals surface area contributed by atoms with Crippen molar-refractivity contribution in [3.63, 3.8) is 0 Å². The van der Waals surface area contributed by atoms with Crippen molar-refractivity contribution in [3.05, 3.63) is 54.1 Å². The van der Waals surface area contributed by atoms with Gasteiger partial charge in [-0.3, -0.25) is 9.59 Å². The summed E-state index contributed by atoms with van der Waals surface area (Å²) in [4.78, 5) is 35.4. The molecule has 7 heteroatoms. The average Bonchev–Trinajstić information content (AvgIpc) is 2.54. The van der Waals surface area contributed by atoms with Crippen LogP contribution in [-0.4, -0.2) is 30.0 Å². The van der Waals surface area contributed by atoms with Gasteiger partial charge in [0.2, 0.25) is 0 Å². The lowest BCUT2D eigenvalue weighted by molar-refractivity contribution is -0.133. The Morgan fingerprint density at radius 3 is 2.35 bits per heavy atom. The van der Waals surface area contributed by atoms with Crippen molar-refractivity contribution in [2.75, 3.05) is 17.7 Å². The molecular formula is C16H14N2O5. The molecule has 0 spiro atoms. The molecule has 0 aromatic heterocycles.